The van der Waals surface area contributed by atoms with E-state index in [1.54, 1.807) is 6.92 Å². The normalized spacial score (nSPS) is 27.2. The summed E-state index contributed by atoms with van der Waals surface area (Å²) in [5.74, 6) is -7.96. The number of hydrogen-bond donors (Lipinski definition) is 5. The Hall–Kier alpha value is -2.19. The SMILES string of the molecule is CCCCC(F)(F)C(O)CC[C@@H]1[C@@H](CCCCCCC(=O)O)[C@@H](O)C[C@H]1OC1CCCCO1.CCCCC(F)(F)C(O)CC[C@@H]1[C@@H](CCCCCCC(=O)OC)[C@@H](OC(C)=O)C[C@H]1OC1CCCCO1.CCO. The van der Waals surface area contributed by atoms with Gasteiger partial charge in [0.25, 0.3) is 11.8 Å². The van der Waals surface area contributed by atoms with Gasteiger partial charge in [-0.3, -0.25) is 14.4 Å². The summed E-state index contributed by atoms with van der Waals surface area (Å²) < 4.78 is 92.0. The van der Waals surface area contributed by atoms with E-state index in [9.17, 15) is 47.3 Å². The zero-order chi connectivity index (χ0) is 54.2. The maximum atomic E-state index is 14.5. The predicted octanol–water partition coefficient (Wildman–Crippen LogP) is 11.2. The molecule has 0 bridgehead atoms. The Bertz CT molecular complexity index is 1450. The van der Waals surface area contributed by atoms with Crippen LogP contribution in [0, 0.1) is 23.7 Å². The van der Waals surface area contributed by atoms with Crippen LogP contribution in [0.2, 0.25) is 0 Å². The first-order valence-electron chi connectivity index (χ1n) is 28.2. The smallest absolute Gasteiger partial charge is 0.305 e. The first-order valence-corrected chi connectivity index (χ1v) is 28.2. The van der Waals surface area contributed by atoms with E-state index in [1.807, 2.05) is 13.8 Å². The molecule has 4 fully saturated rings. The van der Waals surface area contributed by atoms with Crippen molar-refractivity contribution >= 4 is 17.9 Å². The number of aliphatic carboxylic acids is 1. The molecule has 0 amide bonds. The number of aliphatic hydroxyl groups is 4. The lowest BCUT2D eigenvalue weighted by Gasteiger charge is -2.32. The van der Waals surface area contributed by atoms with Crippen molar-refractivity contribution in [2.45, 2.75) is 281 Å². The topological polar surface area (TPSA) is 208 Å². The highest BCUT2D eigenvalue weighted by molar-refractivity contribution is 5.69. The van der Waals surface area contributed by atoms with Crippen molar-refractivity contribution < 1.29 is 85.9 Å². The summed E-state index contributed by atoms with van der Waals surface area (Å²) in [6.45, 7) is 8.30. The lowest BCUT2D eigenvalue weighted by atomic mass is 9.84. The van der Waals surface area contributed by atoms with Gasteiger partial charge in [0.15, 0.2) is 12.6 Å². The van der Waals surface area contributed by atoms with E-state index in [2.05, 4.69) is 4.74 Å². The molecule has 2 heterocycles. The van der Waals surface area contributed by atoms with E-state index in [-0.39, 0.29) is 105 Å². The second kappa shape index (κ2) is 37.6. The third kappa shape index (κ3) is 26.6. The number of unbranched alkanes of at least 4 members (excludes halogenated alkanes) is 8. The van der Waals surface area contributed by atoms with E-state index in [0.29, 0.717) is 77.4 Å². The molecule has 12 atom stereocenters. The van der Waals surface area contributed by atoms with Crippen LogP contribution in [0.25, 0.3) is 0 Å². The standard InChI is InChI=1S/C28H48F2O7.C25H44F2O6.C2H6O/c1-4-5-17-28(29,30)25(32)16-15-22-21(12-8-6-7-9-13-26(33)34-3)23(36-20(2)31)19-24(22)37-27-14-10-11-18-35-27;1-2-3-15-25(26,27)22(29)14-13-19-18(10-6-4-5-7-11-23(30)31)20(28)17-21(19)33-24-12-8-9-16-32-24;1-2-3/h21-25,27,32H,4-19H2,1-3H3;18-22,24,28-29H,2-17H2,1H3,(H,30,31);3H,2H2,1H3/t21-,22-,23+,24-,25?,27?;18-,19-,20+,21-,22?,24?;/m11./s1. The molecule has 0 aromatic heterocycles. The van der Waals surface area contributed by atoms with Crippen molar-refractivity contribution in [3.8, 4) is 0 Å². The van der Waals surface area contributed by atoms with Crippen LogP contribution in [0.1, 0.15) is 220 Å². The first-order chi connectivity index (χ1) is 34.8. The van der Waals surface area contributed by atoms with Crippen LogP contribution in [0.3, 0.4) is 0 Å². The summed E-state index contributed by atoms with van der Waals surface area (Å²) >= 11 is 0. The third-order valence-electron chi connectivity index (χ3n) is 15.0. The lowest BCUT2D eigenvalue weighted by Crippen LogP contribution is -2.36. The van der Waals surface area contributed by atoms with Crippen molar-refractivity contribution in [3.63, 3.8) is 0 Å². The summed E-state index contributed by atoms with van der Waals surface area (Å²) in [5.41, 5.74) is 0. The number of alkyl halides is 4. The molecular weight excluding hydrogens is 961 g/mol. The van der Waals surface area contributed by atoms with Gasteiger partial charge in [-0.15, -0.1) is 0 Å². The van der Waals surface area contributed by atoms with Gasteiger partial charge in [-0.1, -0.05) is 65.2 Å². The average molecular weight is 1060 g/mol. The maximum Gasteiger partial charge on any atom is 0.305 e. The summed E-state index contributed by atoms with van der Waals surface area (Å²) in [7, 11) is 1.38. The molecule has 2 aliphatic heterocycles. The number of hydrogen-bond acceptors (Lipinski definition) is 13. The minimum atomic E-state index is -3.12. The highest BCUT2D eigenvalue weighted by Gasteiger charge is 2.48. The Balaban J connectivity index is 0.000000477. The quantitative estimate of drug-likeness (QED) is 0.0235. The van der Waals surface area contributed by atoms with Gasteiger partial charge < -0.3 is 54.0 Å². The second-order valence-corrected chi connectivity index (χ2v) is 20.9. The van der Waals surface area contributed by atoms with E-state index in [0.717, 1.165) is 96.3 Å². The number of carboxylic acids is 1. The Morgan fingerprint density at radius 1 is 0.616 bits per heavy atom. The number of esters is 2. The van der Waals surface area contributed by atoms with E-state index in [4.69, 9.17) is 33.9 Å². The molecule has 2 saturated heterocycles. The maximum absolute atomic E-state index is 14.5. The molecule has 0 aromatic rings. The van der Waals surface area contributed by atoms with Crippen molar-refractivity contribution in [1.82, 2.24) is 0 Å². The number of methoxy groups -OCH3 is 1. The van der Waals surface area contributed by atoms with Crippen molar-refractivity contribution in [3.05, 3.63) is 0 Å². The second-order valence-electron chi connectivity index (χ2n) is 20.9. The highest BCUT2D eigenvalue weighted by atomic mass is 19.3. The monoisotopic (exact) mass is 1060 g/mol. The van der Waals surface area contributed by atoms with Gasteiger partial charge in [0.05, 0.1) is 25.4 Å². The fourth-order valence-corrected chi connectivity index (χ4v) is 11.0. The van der Waals surface area contributed by atoms with Gasteiger partial charge in [-0.2, -0.15) is 0 Å². The molecule has 5 N–H and O–H groups in total. The molecular formula is C55H98F4O14. The predicted molar refractivity (Wildman–Crippen MR) is 269 cm³/mol. The van der Waals surface area contributed by atoms with Crippen LogP contribution < -0.4 is 0 Å². The molecule has 4 unspecified atom stereocenters. The van der Waals surface area contributed by atoms with Gasteiger partial charge >= 0.3 is 17.9 Å². The van der Waals surface area contributed by atoms with Crippen LogP contribution in [0.4, 0.5) is 17.6 Å². The first kappa shape index (κ1) is 66.9. The third-order valence-corrected chi connectivity index (χ3v) is 15.0. The molecule has 0 spiro atoms. The number of carbonyl (C=O) groups excluding carboxylic acids is 2. The van der Waals surface area contributed by atoms with E-state index in [1.165, 1.54) is 14.0 Å². The number of rotatable bonds is 33. The van der Waals surface area contributed by atoms with E-state index < -0.39 is 36.1 Å². The van der Waals surface area contributed by atoms with Crippen LogP contribution >= 0.6 is 0 Å². The van der Waals surface area contributed by atoms with Crippen LogP contribution in [-0.2, 0) is 42.8 Å². The Labute approximate surface area is 434 Å². The zero-order valence-corrected chi connectivity index (χ0v) is 45.2. The number of aliphatic hydroxyl groups excluding tert-OH is 4. The summed E-state index contributed by atoms with van der Waals surface area (Å²) in [6, 6.07) is 0. The van der Waals surface area contributed by atoms with Crippen molar-refractivity contribution in [1.29, 1.82) is 0 Å². The molecule has 73 heavy (non-hydrogen) atoms. The Kier molecular flexibility index (Phi) is 34.4. The van der Waals surface area contributed by atoms with Crippen LogP contribution in [-0.4, -0.2) is 131 Å². The fraction of sp³-hybridized carbons (Fsp3) is 0.945. The average Bonchev–Trinajstić information content (AvgIpc) is 3.83. The number of ether oxygens (including phenoxy) is 6. The summed E-state index contributed by atoms with van der Waals surface area (Å²) in [6.07, 6.45) is 11.7. The fourth-order valence-electron chi connectivity index (χ4n) is 11.0. The van der Waals surface area contributed by atoms with E-state index >= 15 is 0 Å². The molecule has 0 radical (unpaired) electrons. The van der Waals surface area contributed by atoms with Gasteiger partial charge in [-0.25, -0.2) is 17.6 Å². The number of carbonyl (C=O) groups is 3. The molecule has 14 nitrogen and oxygen atoms in total. The van der Waals surface area contributed by atoms with Crippen LogP contribution in [0.5, 0.6) is 0 Å². The molecule has 4 rings (SSSR count). The molecule has 430 valence electrons. The number of carboxylic acid groups (broad SMARTS) is 1. The number of halogens is 4. The van der Waals surface area contributed by atoms with Gasteiger partial charge in [0.2, 0.25) is 0 Å². The minimum Gasteiger partial charge on any atom is -0.481 e. The molecule has 0 aromatic carbocycles. The molecule has 4 aliphatic rings. The minimum absolute atomic E-state index is 0.0192. The van der Waals surface area contributed by atoms with Crippen LogP contribution in [0.15, 0.2) is 0 Å². The molecule has 18 heteroatoms. The highest BCUT2D eigenvalue weighted by Crippen LogP contribution is 2.45. The van der Waals surface area contributed by atoms with Gasteiger partial charge in [0, 0.05) is 71.2 Å². The lowest BCUT2D eigenvalue weighted by molar-refractivity contribution is -0.198. The van der Waals surface area contributed by atoms with Gasteiger partial charge in [0.1, 0.15) is 18.3 Å². The zero-order valence-electron chi connectivity index (χ0n) is 45.2. The molecule has 2 saturated carbocycles. The van der Waals surface area contributed by atoms with Crippen molar-refractivity contribution in [2.24, 2.45) is 23.7 Å². The van der Waals surface area contributed by atoms with Gasteiger partial charge in [-0.05, 0) is 127 Å². The summed E-state index contributed by atoms with van der Waals surface area (Å²) in [5, 5.41) is 47.7. The largest absolute Gasteiger partial charge is 0.481 e. The molecule has 2 aliphatic carbocycles. The Morgan fingerprint density at radius 2 is 1.05 bits per heavy atom. The Morgan fingerprint density at radius 3 is 1.49 bits per heavy atom. The summed E-state index contributed by atoms with van der Waals surface area (Å²) in [4.78, 5) is 33.9. The van der Waals surface area contributed by atoms with Crippen molar-refractivity contribution in [2.75, 3.05) is 26.9 Å².